The van der Waals surface area contributed by atoms with Crippen molar-refractivity contribution < 1.29 is 4.39 Å². The van der Waals surface area contributed by atoms with Crippen LogP contribution in [0.1, 0.15) is 5.56 Å². The monoisotopic (exact) mass is 177 g/mol. The van der Waals surface area contributed by atoms with E-state index in [9.17, 15) is 4.39 Å². The Morgan fingerprint density at radius 3 is 2.46 bits per heavy atom. The van der Waals surface area contributed by atoms with Crippen molar-refractivity contribution in [1.82, 2.24) is 5.32 Å². The van der Waals surface area contributed by atoms with E-state index in [4.69, 9.17) is 0 Å². The van der Waals surface area contributed by atoms with E-state index in [1.165, 1.54) is 12.1 Å². The summed E-state index contributed by atoms with van der Waals surface area (Å²) in [4.78, 5) is 0. The first-order chi connectivity index (χ1) is 6.34. The highest BCUT2D eigenvalue weighted by molar-refractivity contribution is 5.49. The molecule has 1 heterocycles. The van der Waals surface area contributed by atoms with Crippen molar-refractivity contribution >= 4 is 6.08 Å². The fourth-order valence-electron chi connectivity index (χ4n) is 1.27. The maximum atomic E-state index is 12.5. The first kappa shape index (κ1) is 8.45. The van der Waals surface area contributed by atoms with E-state index in [0.29, 0.717) is 5.92 Å². The Balaban J connectivity index is 2.00. The van der Waals surface area contributed by atoms with Crippen LogP contribution < -0.4 is 5.32 Å². The summed E-state index contributed by atoms with van der Waals surface area (Å²) < 4.78 is 12.5. The normalized spacial score (nSPS) is 17.6. The van der Waals surface area contributed by atoms with Gasteiger partial charge in [-0.05, 0) is 17.7 Å². The van der Waals surface area contributed by atoms with Crippen LogP contribution in [0.5, 0.6) is 0 Å². The second-order valence-electron chi connectivity index (χ2n) is 3.33. The summed E-state index contributed by atoms with van der Waals surface area (Å²) in [5.74, 6) is 0.479. The third-order valence-corrected chi connectivity index (χ3v) is 2.24. The molecule has 0 radical (unpaired) electrons. The summed E-state index contributed by atoms with van der Waals surface area (Å²) in [5, 5.41) is 3.20. The highest BCUT2D eigenvalue weighted by Gasteiger charge is 2.11. The minimum atomic E-state index is -0.178. The lowest BCUT2D eigenvalue weighted by Gasteiger charge is -2.23. The van der Waals surface area contributed by atoms with Crippen molar-refractivity contribution in [1.29, 1.82) is 0 Å². The standard InChI is InChI=1S/C11H12FN/c12-11-5-3-9(4-6-11)1-2-10-7-13-8-10/h1-6,10,13H,7-8H2/b2-1+. The first-order valence-electron chi connectivity index (χ1n) is 4.49. The molecule has 1 N–H and O–H groups in total. The molecule has 1 aromatic carbocycles. The van der Waals surface area contributed by atoms with E-state index in [2.05, 4.69) is 11.4 Å². The van der Waals surface area contributed by atoms with Gasteiger partial charge in [0.1, 0.15) is 5.82 Å². The zero-order chi connectivity index (χ0) is 9.10. The van der Waals surface area contributed by atoms with E-state index < -0.39 is 0 Å². The lowest BCUT2D eigenvalue weighted by molar-refractivity contribution is 0.420. The maximum absolute atomic E-state index is 12.5. The molecule has 1 nitrogen and oxygen atoms in total. The molecule has 0 saturated carbocycles. The molecule has 0 spiro atoms. The SMILES string of the molecule is Fc1ccc(/C=C/C2CNC2)cc1. The summed E-state index contributed by atoms with van der Waals surface area (Å²) in [6.07, 6.45) is 4.22. The van der Waals surface area contributed by atoms with Crippen LogP contribution in [0.3, 0.4) is 0 Å². The molecule has 0 aromatic heterocycles. The van der Waals surface area contributed by atoms with Crippen LogP contribution in [0, 0.1) is 11.7 Å². The molecule has 1 aliphatic rings. The summed E-state index contributed by atoms with van der Waals surface area (Å²) in [7, 11) is 0. The molecule has 68 valence electrons. The average molecular weight is 177 g/mol. The van der Waals surface area contributed by atoms with Crippen LogP contribution in [0.15, 0.2) is 30.3 Å². The molecule has 1 aromatic rings. The molecule has 2 heteroatoms. The molecule has 0 aliphatic carbocycles. The van der Waals surface area contributed by atoms with E-state index in [-0.39, 0.29) is 5.82 Å². The minimum Gasteiger partial charge on any atom is -0.315 e. The fraction of sp³-hybridized carbons (Fsp3) is 0.273. The maximum Gasteiger partial charge on any atom is 0.123 e. The van der Waals surface area contributed by atoms with Gasteiger partial charge in [0.25, 0.3) is 0 Å². The van der Waals surface area contributed by atoms with Gasteiger partial charge in [-0.15, -0.1) is 0 Å². The molecule has 0 atom stereocenters. The molecule has 1 saturated heterocycles. The molecule has 0 bridgehead atoms. The molecular weight excluding hydrogens is 165 g/mol. The Labute approximate surface area is 77.3 Å². The Morgan fingerprint density at radius 1 is 1.23 bits per heavy atom. The van der Waals surface area contributed by atoms with Gasteiger partial charge in [-0.3, -0.25) is 0 Å². The van der Waals surface area contributed by atoms with Gasteiger partial charge in [0, 0.05) is 19.0 Å². The topological polar surface area (TPSA) is 12.0 Å². The van der Waals surface area contributed by atoms with Gasteiger partial charge >= 0.3 is 0 Å². The third kappa shape index (κ3) is 2.16. The molecule has 0 unspecified atom stereocenters. The molecule has 1 aliphatic heterocycles. The van der Waals surface area contributed by atoms with Crippen molar-refractivity contribution in [3.8, 4) is 0 Å². The van der Waals surface area contributed by atoms with Gasteiger partial charge in [0.2, 0.25) is 0 Å². The molecule has 1 fully saturated rings. The highest BCUT2D eigenvalue weighted by Crippen LogP contribution is 2.09. The smallest absolute Gasteiger partial charge is 0.123 e. The number of nitrogens with one attached hydrogen (secondary N) is 1. The van der Waals surface area contributed by atoms with Gasteiger partial charge in [-0.1, -0.05) is 24.3 Å². The Hall–Kier alpha value is -1.15. The van der Waals surface area contributed by atoms with Crippen molar-refractivity contribution in [2.75, 3.05) is 13.1 Å². The lowest BCUT2D eigenvalue weighted by Crippen LogP contribution is -2.40. The van der Waals surface area contributed by atoms with Crippen LogP contribution in [0.4, 0.5) is 4.39 Å². The average Bonchev–Trinajstić information content (AvgIpc) is 2.05. The van der Waals surface area contributed by atoms with E-state index >= 15 is 0 Å². The Bertz CT molecular complexity index is 298. The lowest BCUT2D eigenvalue weighted by atomic mass is 10.0. The zero-order valence-corrected chi connectivity index (χ0v) is 7.33. The minimum absolute atomic E-state index is 0.178. The van der Waals surface area contributed by atoms with Gasteiger partial charge in [-0.2, -0.15) is 0 Å². The number of rotatable bonds is 2. The number of hydrogen-bond acceptors (Lipinski definition) is 1. The fourth-order valence-corrected chi connectivity index (χ4v) is 1.27. The predicted octanol–water partition coefficient (Wildman–Crippen LogP) is 2.06. The van der Waals surface area contributed by atoms with Crippen LogP contribution in [-0.4, -0.2) is 13.1 Å². The molecule has 0 amide bonds. The largest absolute Gasteiger partial charge is 0.315 e. The molecule has 13 heavy (non-hydrogen) atoms. The zero-order valence-electron chi connectivity index (χ0n) is 7.33. The van der Waals surface area contributed by atoms with Gasteiger partial charge < -0.3 is 5.32 Å². The van der Waals surface area contributed by atoms with Crippen molar-refractivity contribution in [2.24, 2.45) is 5.92 Å². The number of hydrogen-bond donors (Lipinski definition) is 1. The Kier molecular flexibility index (Phi) is 2.41. The van der Waals surface area contributed by atoms with E-state index in [1.807, 2.05) is 6.08 Å². The Morgan fingerprint density at radius 2 is 1.92 bits per heavy atom. The van der Waals surface area contributed by atoms with E-state index in [0.717, 1.165) is 18.7 Å². The predicted molar refractivity (Wildman–Crippen MR) is 51.8 cm³/mol. The molecule has 2 rings (SSSR count). The van der Waals surface area contributed by atoms with Crippen molar-refractivity contribution in [3.63, 3.8) is 0 Å². The third-order valence-electron chi connectivity index (χ3n) is 2.24. The molecular formula is C11H12FN. The van der Waals surface area contributed by atoms with Gasteiger partial charge in [0.15, 0.2) is 0 Å². The van der Waals surface area contributed by atoms with Crippen LogP contribution in [-0.2, 0) is 0 Å². The summed E-state index contributed by atoms with van der Waals surface area (Å²) in [5.41, 5.74) is 1.06. The summed E-state index contributed by atoms with van der Waals surface area (Å²) in [6.45, 7) is 2.13. The first-order valence-corrected chi connectivity index (χ1v) is 4.49. The second-order valence-corrected chi connectivity index (χ2v) is 3.33. The van der Waals surface area contributed by atoms with Crippen LogP contribution in [0.2, 0.25) is 0 Å². The van der Waals surface area contributed by atoms with Gasteiger partial charge in [0.05, 0.1) is 0 Å². The summed E-state index contributed by atoms with van der Waals surface area (Å²) >= 11 is 0. The summed E-state index contributed by atoms with van der Waals surface area (Å²) in [6, 6.07) is 6.55. The van der Waals surface area contributed by atoms with Gasteiger partial charge in [-0.25, -0.2) is 4.39 Å². The van der Waals surface area contributed by atoms with Crippen molar-refractivity contribution in [3.05, 3.63) is 41.7 Å². The van der Waals surface area contributed by atoms with E-state index in [1.54, 1.807) is 12.1 Å². The van der Waals surface area contributed by atoms with Crippen molar-refractivity contribution in [2.45, 2.75) is 0 Å². The second kappa shape index (κ2) is 3.71. The number of halogens is 1. The van der Waals surface area contributed by atoms with Crippen LogP contribution >= 0.6 is 0 Å². The highest BCUT2D eigenvalue weighted by atomic mass is 19.1. The van der Waals surface area contributed by atoms with Crippen LogP contribution in [0.25, 0.3) is 6.08 Å². The number of benzene rings is 1. The quantitative estimate of drug-likeness (QED) is 0.729.